The first-order valence-electron chi connectivity index (χ1n) is 6.54. The lowest BCUT2D eigenvalue weighted by molar-refractivity contribution is 0.491. The molecule has 0 bridgehead atoms. The summed E-state index contributed by atoms with van der Waals surface area (Å²) in [6.45, 7) is 5.39. The summed E-state index contributed by atoms with van der Waals surface area (Å²) in [6, 6.07) is 10.1. The third-order valence-corrected chi connectivity index (χ3v) is 4.49. The van der Waals surface area contributed by atoms with Gasteiger partial charge in [-0.05, 0) is 39.0 Å². The number of nitrogens with zero attached hydrogens (tertiary/aromatic N) is 1. The summed E-state index contributed by atoms with van der Waals surface area (Å²) < 4.78 is 27.8. The van der Waals surface area contributed by atoms with E-state index in [9.17, 15) is 8.42 Å². The Labute approximate surface area is 125 Å². The van der Waals surface area contributed by atoms with Crippen LogP contribution < -0.4 is 10.5 Å². The Morgan fingerprint density at radius 2 is 1.81 bits per heavy atom. The molecule has 1 aromatic heterocycles. The molecule has 0 radical (unpaired) electrons. The van der Waals surface area contributed by atoms with E-state index in [0.29, 0.717) is 16.9 Å². The fourth-order valence-corrected chi connectivity index (χ4v) is 3.60. The number of sulfonamides is 1. The minimum absolute atomic E-state index is 0.193. The Morgan fingerprint density at radius 1 is 1.14 bits per heavy atom. The van der Waals surface area contributed by atoms with Crippen molar-refractivity contribution in [1.82, 2.24) is 9.71 Å². The van der Waals surface area contributed by atoms with Crippen molar-refractivity contribution in [1.29, 1.82) is 0 Å². The molecule has 3 N–H and O–H groups in total. The fourth-order valence-electron chi connectivity index (χ4n) is 1.96. The number of pyridine rings is 1. The van der Waals surface area contributed by atoms with Gasteiger partial charge in [0.2, 0.25) is 10.0 Å². The van der Waals surface area contributed by atoms with Crippen LogP contribution in [0.15, 0.2) is 47.5 Å². The molecule has 21 heavy (non-hydrogen) atoms. The monoisotopic (exact) mass is 305 g/mol. The predicted octanol–water partition coefficient (Wildman–Crippen LogP) is 2.41. The van der Waals surface area contributed by atoms with Crippen LogP contribution in [-0.2, 0) is 10.0 Å². The minimum Gasteiger partial charge on any atom is -0.399 e. The molecule has 112 valence electrons. The maximum atomic E-state index is 12.6. The fraction of sp³-hybridized carbons (Fsp3) is 0.267. The SMILES string of the molecule is CC(C)(C)NS(=O)(=O)c1ccccc1-c1cc(N)ccn1. The second-order valence-corrected chi connectivity index (χ2v) is 7.48. The van der Waals surface area contributed by atoms with Crippen LogP contribution in [0.4, 0.5) is 5.69 Å². The average molecular weight is 305 g/mol. The van der Waals surface area contributed by atoms with Crippen molar-refractivity contribution < 1.29 is 8.42 Å². The van der Waals surface area contributed by atoms with Crippen molar-refractivity contribution >= 4 is 15.7 Å². The Morgan fingerprint density at radius 3 is 2.43 bits per heavy atom. The van der Waals surface area contributed by atoms with E-state index in [-0.39, 0.29) is 4.90 Å². The van der Waals surface area contributed by atoms with E-state index < -0.39 is 15.6 Å². The van der Waals surface area contributed by atoms with Crippen LogP contribution >= 0.6 is 0 Å². The molecule has 0 atom stereocenters. The van der Waals surface area contributed by atoms with Crippen LogP contribution in [0.3, 0.4) is 0 Å². The number of hydrogen-bond donors (Lipinski definition) is 2. The van der Waals surface area contributed by atoms with Crippen LogP contribution in [0.5, 0.6) is 0 Å². The highest BCUT2D eigenvalue weighted by Gasteiger charge is 2.25. The Bertz CT molecular complexity index is 750. The molecule has 0 amide bonds. The molecule has 2 aromatic rings. The van der Waals surface area contributed by atoms with Gasteiger partial charge in [0, 0.05) is 23.0 Å². The number of benzene rings is 1. The number of rotatable bonds is 3. The van der Waals surface area contributed by atoms with Gasteiger partial charge in [0.25, 0.3) is 0 Å². The molecule has 0 saturated carbocycles. The van der Waals surface area contributed by atoms with E-state index in [1.165, 1.54) is 0 Å². The summed E-state index contributed by atoms with van der Waals surface area (Å²) in [5.41, 5.74) is 6.79. The number of hydrogen-bond acceptors (Lipinski definition) is 4. The molecule has 0 spiro atoms. The number of nitrogens with two attached hydrogens (primary N) is 1. The molecule has 6 heteroatoms. The quantitative estimate of drug-likeness (QED) is 0.912. The van der Waals surface area contributed by atoms with Crippen molar-refractivity contribution in [3.05, 3.63) is 42.6 Å². The standard InChI is InChI=1S/C15H19N3O2S/c1-15(2,3)18-21(19,20)14-7-5-4-6-12(14)13-10-11(16)8-9-17-13/h4-10,18H,1-3H3,(H2,16,17). The van der Waals surface area contributed by atoms with Crippen molar-refractivity contribution in [3.63, 3.8) is 0 Å². The highest BCUT2D eigenvalue weighted by molar-refractivity contribution is 7.89. The van der Waals surface area contributed by atoms with E-state index in [4.69, 9.17) is 5.73 Å². The molecule has 0 unspecified atom stereocenters. The first-order chi connectivity index (χ1) is 9.69. The Kier molecular flexibility index (Phi) is 4.02. The highest BCUT2D eigenvalue weighted by atomic mass is 32.2. The molecule has 0 fully saturated rings. The smallest absolute Gasteiger partial charge is 0.241 e. The van der Waals surface area contributed by atoms with Crippen LogP contribution in [-0.4, -0.2) is 18.9 Å². The summed E-state index contributed by atoms with van der Waals surface area (Å²) in [6.07, 6.45) is 1.56. The first kappa shape index (κ1) is 15.5. The van der Waals surface area contributed by atoms with E-state index >= 15 is 0 Å². The lowest BCUT2D eigenvalue weighted by atomic mass is 10.1. The molecule has 5 nitrogen and oxygen atoms in total. The number of nitrogens with one attached hydrogen (secondary N) is 1. The Balaban J connectivity index is 2.57. The Hall–Kier alpha value is -1.92. The largest absolute Gasteiger partial charge is 0.399 e. The van der Waals surface area contributed by atoms with Crippen molar-refractivity contribution in [2.75, 3.05) is 5.73 Å². The zero-order valence-electron chi connectivity index (χ0n) is 12.3. The van der Waals surface area contributed by atoms with Crippen molar-refractivity contribution in [3.8, 4) is 11.3 Å². The van der Waals surface area contributed by atoms with Gasteiger partial charge in [0.1, 0.15) is 0 Å². The molecular weight excluding hydrogens is 286 g/mol. The number of nitrogen functional groups attached to an aromatic ring is 1. The van der Waals surface area contributed by atoms with Gasteiger partial charge in [-0.15, -0.1) is 0 Å². The third-order valence-electron chi connectivity index (χ3n) is 2.68. The predicted molar refractivity (Wildman–Crippen MR) is 84.2 cm³/mol. The minimum atomic E-state index is -3.64. The lowest BCUT2D eigenvalue weighted by Crippen LogP contribution is -2.40. The second-order valence-electron chi connectivity index (χ2n) is 5.83. The highest BCUT2D eigenvalue weighted by Crippen LogP contribution is 2.27. The van der Waals surface area contributed by atoms with E-state index in [1.54, 1.807) is 63.4 Å². The summed E-state index contributed by atoms with van der Waals surface area (Å²) >= 11 is 0. The molecule has 1 heterocycles. The van der Waals surface area contributed by atoms with Crippen LogP contribution in [0.25, 0.3) is 11.3 Å². The maximum Gasteiger partial charge on any atom is 0.241 e. The lowest BCUT2D eigenvalue weighted by Gasteiger charge is -2.21. The zero-order chi connectivity index (χ0) is 15.7. The molecule has 0 aliphatic heterocycles. The van der Waals surface area contributed by atoms with Gasteiger partial charge in [0.05, 0.1) is 10.6 Å². The van der Waals surface area contributed by atoms with Crippen molar-refractivity contribution in [2.45, 2.75) is 31.2 Å². The second kappa shape index (κ2) is 5.46. The van der Waals surface area contributed by atoms with E-state index in [2.05, 4.69) is 9.71 Å². The number of aromatic nitrogens is 1. The van der Waals surface area contributed by atoms with Gasteiger partial charge in [0.15, 0.2) is 0 Å². The van der Waals surface area contributed by atoms with E-state index in [1.807, 2.05) is 0 Å². The van der Waals surface area contributed by atoms with Crippen LogP contribution in [0, 0.1) is 0 Å². The summed E-state index contributed by atoms with van der Waals surface area (Å²) in [7, 11) is -3.64. The molecule has 1 aromatic carbocycles. The molecular formula is C15H19N3O2S. The maximum absolute atomic E-state index is 12.6. The topological polar surface area (TPSA) is 85.1 Å². The summed E-state index contributed by atoms with van der Waals surface area (Å²) in [5.74, 6) is 0. The van der Waals surface area contributed by atoms with E-state index in [0.717, 1.165) is 0 Å². The van der Waals surface area contributed by atoms with Gasteiger partial charge in [-0.3, -0.25) is 4.98 Å². The first-order valence-corrected chi connectivity index (χ1v) is 8.02. The van der Waals surface area contributed by atoms with Gasteiger partial charge in [-0.1, -0.05) is 18.2 Å². The normalized spacial score (nSPS) is 12.3. The van der Waals surface area contributed by atoms with Gasteiger partial charge < -0.3 is 5.73 Å². The summed E-state index contributed by atoms with van der Waals surface area (Å²) in [5, 5.41) is 0. The zero-order valence-corrected chi connectivity index (χ0v) is 13.1. The molecule has 2 rings (SSSR count). The van der Waals surface area contributed by atoms with Gasteiger partial charge in [-0.2, -0.15) is 0 Å². The molecule has 0 saturated heterocycles. The summed E-state index contributed by atoms with van der Waals surface area (Å²) in [4.78, 5) is 4.40. The third kappa shape index (κ3) is 3.80. The van der Waals surface area contributed by atoms with Gasteiger partial charge >= 0.3 is 0 Å². The van der Waals surface area contributed by atoms with Crippen LogP contribution in [0.2, 0.25) is 0 Å². The average Bonchev–Trinajstić information content (AvgIpc) is 2.36. The number of anilines is 1. The van der Waals surface area contributed by atoms with Crippen LogP contribution in [0.1, 0.15) is 20.8 Å². The van der Waals surface area contributed by atoms with Gasteiger partial charge in [-0.25, -0.2) is 13.1 Å². The molecule has 0 aliphatic rings. The van der Waals surface area contributed by atoms with Crippen molar-refractivity contribution in [2.24, 2.45) is 0 Å². The molecule has 0 aliphatic carbocycles.